The van der Waals surface area contributed by atoms with Crippen molar-refractivity contribution in [2.75, 3.05) is 19.6 Å². The van der Waals surface area contributed by atoms with Crippen LogP contribution in [0, 0.1) is 5.82 Å². The van der Waals surface area contributed by atoms with Gasteiger partial charge in [-0.05, 0) is 66.6 Å². The van der Waals surface area contributed by atoms with Gasteiger partial charge in [-0.2, -0.15) is 0 Å². The number of nitrogens with zero attached hydrogens (tertiary/aromatic N) is 1. The Kier molecular flexibility index (Phi) is 4.61. The molecule has 4 rings (SSSR count). The van der Waals surface area contributed by atoms with E-state index in [1.807, 2.05) is 6.07 Å². The molecular formula is C20H22FNOS. The molecule has 0 radical (unpaired) electrons. The van der Waals surface area contributed by atoms with Crippen LogP contribution in [0.2, 0.25) is 0 Å². The molecule has 1 heterocycles. The number of aliphatic hydroxyl groups is 1. The highest BCUT2D eigenvalue weighted by Gasteiger charge is 2.29. The maximum Gasteiger partial charge on any atom is 0.124 e. The SMILES string of the molecule is OC1CN(CC2CCCc3cc(Sc4cccc(F)c4)ccc32)C1. The summed E-state index contributed by atoms with van der Waals surface area (Å²) < 4.78 is 13.3. The highest BCUT2D eigenvalue weighted by molar-refractivity contribution is 7.99. The average molecular weight is 343 g/mol. The quantitative estimate of drug-likeness (QED) is 0.905. The second-order valence-electron chi connectivity index (χ2n) is 6.88. The van der Waals surface area contributed by atoms with E-state index in [2.05, 4.69) is 23.1 Å². The molecule has 0 saturated carbocycles. The molecule has 126 valence electrons. The van der Waals surface area contributed by atoms with E-state index in [9.17, 15) is 9.50 Å². The molecule has 0 spiro atoms. The minimum atomic E-state index is -0.185. The molecule has 1 saturated heterocycles. The van der Waals surface area contributed by atoms with Crippen LogP contribution in [0.5, 0.6) is 0 Å². The molecule has 2 nitrogen and oxygen atoms in total. The van der Waals surface area contributed by atoms with E-state index in [-0.39, 0.29) is 11.9 Å². The molecule has 2 aromatic carbocycles. The minimum absolute atomic E-state index is 0.127. The highest BCUT2D eigenvalue weighted by atomic mass is 32.2. The fourth-order valence-electron chi connectivity index (χ4n) is 3.81. The highest BCUT2D eigenvalue weighted by Crippen LogP contribution is 2.37. The van der Waals surface area contributed by atoms with Gasteiger partial charge in [-0.3, -0.25) is 4.90 Å². The molecule has 1 unspecified atom stereocenters. The Balaban J connectivity index is 1.50. The average Bonchev–Trinajstić information content (AvgIpc) is 2.53. The third-order valence-corrected chi connectivity index (χ3v) is 5.98. The summed E-state index contributed by atoms with van der Waals surface area (Å²) in [5.41, 5.74) is 2.90. The van der Waals surface area contributed by atoms with Crippen LogP contribution in [0.15, 0.2) is 52.3 Å². The normalized spacial score (nSPS) is 21.3. The van der Waals surface area contributed by atoms with E-state index in [0.29, 0.717) is 5.92 Å². The lowest BCUT2D eigenvalue weighted by atomic mass is 9.82. The summed E-state index contributed by atoms with van der Waals surface area (Å²) in [6.45, 7) is 2.69. The smallest absolute Gasteiger partial charge is 0.124 e. The van der Waals surface area contributed by atoms with Gasteiger partial charge in [-0.25, -0.2) is 4.39 Å². The van der Waals surface area contributed by atoms with Crippen LogP contribution in [0.4, 0.5) is 4.39 Å². The molecule has 1 aliphatic heterocycles. The van der Waals surface area contributed by atoms with Crippen LogP contribution in [0.1, 0.15) is 29.9 Å². The first-order valence-electron chi connectivity index (χ1n) is 8.64. The maximum absolute atomic E-state index is 13.3. The number of fused-ring (bicyclic) bond motifs is 1. The third-order valence-electron chi connectivity index (χ3n) is 5.00. The third kappa shape index (κ3) is 3.51. The Morgan fingerprint density at radius 3 is 2.75 bits per heavy atom. The van der Waals surface area contributed by atoms with Gasteiger partial charge in [0.25, 0.3) is 0 Å². The van der Waals surface area contributed by atoms with E-state index >= 15 is 0 Å². The molecule has 1 fully saturated rings. The first kappa shape index (κ1) is 16.1. The molecule has 1 atom stereocenters. The Morgan fingerprint density at radius 1 is 1.12 bits per heavy atom. The number of β-amino-alcohol motifs (C(OH)–C–C–N with tert-alkyl or cyclic N) is 1. The van der Waals surface area contributed by atoms with Crippen LogP contribution < -0.4 is 0 Å². The van der Waals surface area contributed by atoms with Crippen molar-refractivity contribution in [2.24, 2.45) is 0 Å². The summed E-state index contributed by atoms with van der Waals surface area (Å²) in [5, 5.41) is 9.47. The Morgan fingerprint density at radius 2 is 1.96 bits per heavy atom. The lowest BCUT2D eigenvalue weighted by Gasteiger charge is -2.39. The van der Waals surface area contributed by atoms with Gasteiger partial charge >= 0.3 is 0 Å². The van der Waals surface area contributed by atoms with Crippen molar-refractivity contribution < 1.29 is 9.50 Å². The molecule has 0 aromatic heterocycles. The van der Waals surface area contributed by atoms with Gasteiger partial charge < -0.3 is 5.11 Å². The van der Waals surface area contributed by atoms with Crippen molar-refractivity contribution in [3.8, 4) is 0 Å². The number of aliphatic hydroxyl groups excluding tert-OH is 1. The van der Waals surface area contributed by atoms with Gasteiger partial charge in [0.15, 0.2) is 0 Å². The van der Waals surface area contributed by atoms with E-state index in [1.54, 1.807) is 23.9 Å². The van der Waals surface area contributed by atoms with Crippen LogP contribution in [-0.4, -0.2) is 35.7 Å². The van der Waals surface area contributed by atoms with Crippen LogP contribution in [-0.2, 0) is 6.42 Å². The predicted octanol–water partition coefficient (Wildman–Crippen LogP) is 4.07. The molecule has 4 heteroatoms. The fraction of sp³-hybridized carbons (Fsp3) is 0.400. The second-order valence-corrected chi connectivity index (χ2v) is 8.03. The van der Waals surface area contributed by atoms with Crippen molar-refractivity contribution in [3.63, 3.8) is 0 Å². The number of aryl methyl sites for hydroxylation is 1. The summed E-state index contributed by atoms with van der Waals surface area (Å²) in [6, 6.07) is 13.5. The molecular weight excluding hydrogens is 321 g/mol. The Hall–Kier alpha value is -1.36. The lowest BCUT2D eigenvalue weighted by molar-refractivity contribution is -0.00206. The zero-order valence-corrected chi connectivity index (χ0v) is 14.4. The Labute approximate surface area is 146 Å². The van der Waals surface area contributed by atoms with Crippen molar-refractivity contribution in [3.05, 3.63) is 59.4 Å². The second kappa shape index (κ2) is 6.87. The molecule has 0 amide bonds. The van der Waals surface area contributed by atoms with Crippen LogP contribution in [0.3, 0.4) is 0 Å². The van der Waals surface area contributed by atoms with Crippen molar-refractivity contribution in [1.82, 2.24) is 4.90 Å². The molecule has 1 aliphatic carbocycles. The molecule has 2 aliphatic rings. The zero-order chi connectivity index (χ0) is 16.5. The summed E-state index contributed by atoms with van der Waals surface area (Å²) >= 11 is 1.62. The van der Waals surface area contributed by atoms with E-state index < -0.39 is 0 Å². The van der Waals surface area contributed by atoms with Crippen LogP contribution >= 0.6 is 11.8 Å². The van der Waals surface area contributed by atoms with Gasteiger partial charge in [-0.15, -0.1) is 0 Å². The lowest BCUT2D eigenvalue weighted by Crippen LogP contribution is -2.52. The maximum atomic E-state index is 13.3. The number of benzene rings is 2. The summed E-state index contributed by atoms with van der Waals surface area (Å²) in [7, 11) is 0. The van der Waals surface area contributed by atoms with Gasteiger partial charge in [0.1, 0.15) is 5.82 Å². The summed E-state index contributed by atoms with van der Waals surface area (Å²) in [5.74, 6) is 0.393. The summed E-state index contributed by atoms with van der Waals surface area (Å²) in [6.07, 6.45) is 3.46. The monoisotopic (exact) mass is 343 g/mol. The van der Waals surface area contributed by atoms with E-state index in [1.165, 1.54) is 34.9 Å². The van der Waals surface area contributed by atoms with Crippen LogP contribution in [0.25, 0.3) is 0 Å². The minimum Gasteiger partial charge on any atom is -0.390 e. The molecule has 24 heavy (non-hydrogen) atoms. The van der Waals surface area contributed by atoms with Crippen molar-refractivity contribution in [1.29, 1.82) is 0 Å². The predicted molar refractivity (Wildman–Crippen MR) is 95.1 cm³/mol. The van der Waals surface area contributed by atoms with Gasteiger partial charge in [0, 0.05) is 29.4 Å². The van der Waals surface area contributed by atoms with Crippen molar-refractivity contribution >= 4 is 11.8 Å². The number of halogens is 1. The number of rotatable bonds is 4. The van der Waals surface area contributed by atoms with Gasteiger partial charge in [0.2, 0.25) is 0 Å². The first-order valence-corrected chi connectivity index (χ1v) is 9.46. The number of likely N-dealkylation sites (tertiary alicyclic amines) is 1. The summed E-state index contributed by atoms with van der Waals surface area (Å²) in [4.78, 5) is 4.47. The number of hydrogen-bond donors (Lipinski definition) is 1. The fourth-order valence-corrected chi connectivity index (χ4v) is 4.74. The van der Waals surface area contributed by atoms with E-state index in [0.717, 1.165) is 31.0 Å². The first-order chi connectivity index (χ1) is 11.7. The standard InChI is InChI=1S/C20H22FNOS/c21-16-5-2-6-18(10-16)24-19-7-8-20-14(9-19)3-1-4-15(20)11-22-12-17(23)13-22/h2,5-10,15,17,23H,1,3-4,11-13H2. The zero-order valence-electron chi connectivity index (χ0n) is 13.6. The molecule has 0 bridgehead atoms. The van der Waals surface area contributed by atoms with Crippen molar-refractivity contribution in [2.45, 2.75) is 41.1 Å². The topological polar surface area (TPSA) is 23.5 Å². The Bertz CT molecular complexity index is 729. The largest absolute Gasteiger partial charge is 0.390 e. The number of hydrogen-bond acceptors (Lipinski definition) is 3. The molecule has 2 aromatic rings. The van der Waals surface area contributed by atoms with E-state index in [4.69, 9.17) is 0 Å². The molecule has 1 N–H and O–H groups in total. The van der Waals surface area contributed by atoms with Gasteiger partial charge in [0.05, 0.1) is 6.10 Å². The van der Waals surface area contributed by atoms with Gasteiger partial charge in [-0.1, -0.05) is 23.9 Å².